The molecule has 1 N–H and O–H groups in total. The summed E-state index contributed by atoms with van der Waals surface area (Å²) in [6.45, 7) is 0. The fraction of sp³-hybridized carbons (Fsp3) is 0.115. The van der Waals surface area contributed by atoms with Crippen LogP contribution in [0.15, 0.2) is 84.1 Å². The first-order valence-electron chi connectivity index (χ1n) is 10.5. The number of carbonyl (C=O) groups is 1. The molecule has 1 aromatic heterocycles. The van der Waals surface area contributed by atoms with Crippen LogP contribution in [0.1, 0.15) is 15.9 Å². The van der Waals surface area contributed by atoms with Crippen molar-refractivity contribution >= 4 is 12.1 Å². The van der Waals surface area contributed by atoms with E-state index in [1.807, 2.05) is 66.9 Å². The number of rotatable bonds is 8. The maximum absolute atomic E-state index is 12.8. The number of nitrogens with zero attached hydrogens (tertiary/aromatic N) is 3. The normalized spacial score (nSPS) is 10.8. The van der Waals surface area contributed by atoms with Gasteiger partial charge in [-0.05, 0) is 24.3 Å². The van der Waals surface area contributed by atoms with Crippen molar-refractivity contribution < 1.29 is 19.0 Å². The maximum Gasteiger partial charge on any atom is 0.271 e. The van der Waals surface area contributed by atoms with Crippen LogP contribution in [0, 0.1) is 0 Å². The van der Waals surface area contributed by atoms with E-state index in [0.717, 1.165) is 22.5 Å². The van der Waals surface area contributed by atoms with Crippen LogP contribution in [-0.2, 0) is 0 Å². The van der Waals surface area contributed by atoms with Gasteiger partial charge in [-0.25, -0.2) is 10.1 Å². The Balaban J connectivity index is 1.61. The maximum atomic E-state index is 12.8. The molecule has 0 unspecified atom stereocenters. The number of amides is 1. The van der Waals surface area contributed by atoms with Gasteiger partial charge in [0.1, 0.15) is 5.69 Å². The minimum absolute atomic E-state index is 0.315. The number of hydrogen-bond acceptors (Lipinski definition) is 6. The molecule has 0 bridgehead atoms. The van der Waals surface area contributed by atoms with E-state index in [0.29, 0.717) is 22.8 Å². The van der Waals surface area contributed by atoms with Crippen molar-refractivity contribution in [1.82, 2.24) is 15.2 Å². The number of ether oxygens (including phenoxy) is 3. The number of nitrogens with one attached hydrogen (secondary N) is 1. The first-order valence-corrected chi connectivity index (χ1v) is 10.5. The Morgan fingerprint density at radius 3 is 2.12 bits per heavy atom. The van der Waals surface area contributed by atoms with Gasteiger partial charge >= 0.3 is 0 Å². The highest BCUT2D eigenvalue weighted by atomic mass is 16.5. The van der Waals surface area contributed by atoms with Crippen LogP contribution in [0.25, 0.3) is 16.9 Å². The Labute approximate surface area is 197 Å². The molecule has 172 valence electrons. The van der Waals surface area contributed by atoms with Gasteiger partial charge in [-0.3, -0.25) is 4.79 Å². The van der Waals surface area contributed by atoms with E-state index in [9.17, 15) is 4.79 Å². The number of hydrogen-bond donors (Lipinski definition) is 1. The molecule has 1 amide bonds. The first kappa shape index (κ1) is 22.6. The van der Waals surface area contributed by atoms with Crippen LogP contribution < -0.4 is 19.6 Å². The minimum atomic E-state index is -0.424. The van der Waals surface area contributed by atoms with Gasteiger partial charge in [-0.2, -0.15) is 10.2 Å². The van der Waals surface area contributed by atoms with Crippen molar-refractivity contribution in [3.8, 4) is 34.2 Å². The predicted octanol–water partition coefficient (Wildman–Crippen LogP) is 4.33. The van der Waals surface area contributed by atoms with Gasteiger partial charge in [0, 0.05) is 22.9 Å². The van der Waals surface area contributed by atoms with E-state index in [4.69, 9.17) is 19.3 Å². The monoisotopic (exact) mass is 456 g/mol. The second-order valence-corrected chi connectivity index (χ2v) is 7.19. The summed E-state index contributed by atoms with van der Waals surface area (Å²) in [5.74, 6) is 0.746. The number of carbonyl (C=O) groups excluding carboxylic acids is 1. The summed E-state index contributed by atoms with van der Waals surface area (Å²) in [5, 5.41) is 8.91. The molecule has 8 nitrogen and oxygen atoms in total. The van der Waals surface area contributed by atoms with Crippen molar-refractivity contribution in [1.29, 1.82) is 0 Å². The minimum Gasteiger partial charge on any atom is -0.493 e. The second-order valence-electron chi connectivity index (χ2n) is 7.19. The SMILES string of the molecule is COc1cc(C(=O)NN=Cc2cn(-c3ccccc3)nc2-c2ccccc2)cc(OC)c1OC. The van der Waals surface area contributed by atoms with Gasteiger partial charge in [0.15, 0.2) is 11.5 Å². The average molecular weight is 457 g/mol. The molecule has 8 heteroatoms. The van der Waals surface area contributed by atoms with Crippen molar-refractivity contribution in [2.24, 2.45) is 5.10 Å². The van der Waals surface area contributed by atoms with E-state index in [1.54, 1.807) is 23.0 Å². The summed E-state index contributed by atoms with van der Waals surface area (Å²) in [7, 11) is 4.49. The first-order chi connectivity index (χ1) is 16.6. The van der Waals surface area contributed by atoms with Crippen LogP contribution >= 0.6 is 0 Å². The Kier molecular flexibility index (Phi) is 6.88. The molecule has 0 saturated heterocycles. The molecular formula is C26H24N4O4. The molecule has 0 aliphatic carbocycles. The molecule has 0 aliphatic heterocycles. The molecule has 0 atom stereocenters. The van der Waals surface area contributed by atoms with E-state index in [2.05, 4.69) is 10.5 Å². The highest BCUT2D eigenvalue weighted by Crippen LogP contribution is 2.38. The Hall–Kier alpha value is -4.59. The van der Waals surface area contributed by atoms with E-state index < -0.39 is 5.91 Å². The molecule has 0 radical (unpaired) electrons. The van der Waals surface area contributed by atoms with Gasteiger partial charge in [0.05, 0.1) is 33.2 Å². The number of methoxy groups -OCH3 is 3. The van der Waals surface area contributed by atoms with Gasteiger partial charge in [-0.15, -0.1) is 0 Å². The number of hydrazone groups is 1. The Morgan fingerprint density at radius 1 is 0.912 bits per heavy atom. The number of benzene rings is 3. The van der Waals surface area contributed by atoms with Crippen LogP contribution in [-0.4, -0.2) is 43.2 Å². The lowest BCUT2D eigenvalue weighted by molar-refractivity contribution is 0.0954. The topological polar surface area (TPSA) is 87.0 Å². The van der Waals surface area contributed by atoms with Crippen LogP contribution in [0.5, 0.6) is 17.2 Å². The van der Waals surface area contributed by atoms with E-state index in [-0.39, 0.29) is 0 Å². The van der Waals surface area contributed by atoms with E-state index in [1.165, 1.54) is 21.3 Å². The van der Waals surface area contributed by atoms with Crippen LogP contribution in [0.4, 0.5) is 0 Å². The molecule has 0 saturated carbocycles. The molecule has 1 heterocycles. The number of aromatic nitrogens is 2. The highest BCUT2D eigenvalue weighted by molar-refractivity contribution is 5.97. The largest absolute Gasteiger partial charge is 0.493 e. The average Bonchev–Trinajstić information content (AvgIpc) is 3.32. The summed E-state index contributed by atoms with van der Waals surface area (Å²) in [5.41, 5.74) is 6.22. The van der Waals surface area contributed by atoms with Crippen LogP contribution in [0.3, 0.4) is 0 Å². The summed E-state index contributed by atoms with van der Waals surface area (Å²) >= 11 is 0. The van der Waals surface area contributed by atoms with Crippen LogP contribution in [0.2, 0.25) is 0 Å². The molecule has 0 spiro atoms. The summed E-state index contributed by atoms with van der Waals surface area (Å²) in [6.07, 6.45) is 3.44. The lowest BCUT2D eigenvalue weighted by Crippen LogP contribution is -2.18. The van der Waals surface area contributed by atoms with Gasteiger partial charge in [0.2, 0.25) is 5.75 Å². The zero-order valence-electron chi connectivity index (χ0n) is 19.1. The second kappa shape index (κ2) is 10.4. The van der Waals surface area contributed by atoms with Crippen molar-refractivity contribution in [3.63, 3.8) is 0 Å². The molecule has 34 heavy (non-hydrogen) atoms. The van der Waals surface area contributed by atoms with E-state index >= 15 is 0 Å². The molecule has 0 fully saturated rings. The lowest BCUT2D eigenvalue weighted by atomic mass is 10.1. The van der Waals surface area contributed by atoms with Gasteiger partial charge in [-0.1, -0.05) is 48.5 Å². The molecule has 4 rings (SSSR count). The molecule has 4 aromatic rings. The smallest absolute Gasteiger partial charge is 0.271 e. The summed E-state index contributed by atoms with van der Waals surface area (Å²) in [6, 6.07) is 22.7. The Morgan fingerprint density at radius 2 is 1.53 bits per heavy atom. The third kappa shape index (κ3) is 4.75. The fourth-order valence-corrected chi connectivity index (χ4v) is 3.45. The fourth-order valence-electron chi connectivity index (χ4n) is 3.45. The third-order valence-corrected chi connectivity index (χ3v) is 5.11. The standard InChI is InChI=1S/C26H24N4O4/c1-32-22-14-19(15-23(33-2)25(22)34-3)26(31)28-27-16-20-17-30(21-12-8-5-9-13-21)29-24(20)18-10-6-4-7-11-18/h4-17H,1-3H3,(H,28,31). The third-order valence-electron chi connectivity index (χ3n) is 5.11. The molecule has 0 aliphatic rings. The summed E-state index contributed by atoms with van der Waals surface area (Å²) < 4.78 is 17.7. The number of para-hydroxylation sites is 1. The molecule has 3 aromatic carbocycles. The molecular weight excluding hydrogens is 432 g/mol. The zero-order valence-corrected chi connectivity index (χ0v) is 19.1. The zero-order chi connectivity index (χ0) is 23.9. The predicted molar refractivity (Wildman–Crippen MR) is 130 cm³/mol. The Bertz CT molecular complexity index is 1280. The van der Waals surface area contributed by atoms with Crippen molar-refractivity contribution in [2.45, 2.75) is 0 Å². The van der Waals surface area contributed by atoms with Crippen molar-refractivity contribution in [2.75, 3.05) is 21.3 Å². The highest BCUT2D eigenvalue weighted by Gasteiger charge is 2.17. The quantitative estimate of drug-likeness (QED) is 0.315. The summed E-state index contributed by atoms with van der Waals surface area (Å²) in [4.78, 5) is 12.8. The van der Waals surface area contributed by atoms with Crippen molar-refractivity contribution in [3.05, 3.63) is 90.1 Å². The van der Waals surface area contributed by atoms with Gasteiger partial charge < -0.3 is 14.2 Å². The van der Waals surface area contributed by atoms with Gasteiger partial charge in [0.25, 0.3) is 5.91 Å². The lowest BCUT2D eigenvalue weighted by Gasteiger charge is -2.13.